The molecule has 0 atom stereocenters. The minimum Gasteiger partial charge on any atom is -0.399 e. The lowest BCUT2D eigenvalue weighted by Gasteiger charge is -2.24. The molecule has 2 aliphatic heterocycles. The molecule has 0 aromatic heterocycles. The van der Waals surface area contributed by atoms with Gasteiger partial charge < -0.3 is 11.5 Å². The van der Waals surface area contributed by atoms with Gasteiger partial charge in [-0.2, -0.15) is 39.5 Å². The topological polar surface area (TPSA) is 161 Å². The predicted octanol–water partition coefficient (Wildman–Crippen LogP) is 9.68. The van der Waals surface area contributed by atoms with Gasteiger partial charge in [0.15, 0.2) is 0 Å². The first-order valence-electron chi connectivity index (χ1n) is 17.9. The number of benzene rings is 6. The SMILES string of the molecule is Nc1ccc(-c2ccc3c(c2)C(=O)N(c2cc(C(F)(F)F)c(S(=O)(=O)c4ccc(N5C(=O)c6ccc(-c7ccc(N)cc7)cc6C5=O)c(C(F)(F)F)c4)c(C(F)(F)F)c2)C3=O)cc1. The van der Waals surface area contributed by atoms with Gasteiger partial charge in [0.1, 0.15) is 0 Å². The number of anilines is 4. The van der Waals surface area contributed by atoms with Crippen molar-refractivity contribution in [3.8, 4) is 22.3 Å². The Kier molecular flexibility index (Phi) is 9.58. The smallest absolute Gasteiger partial charge is 0.399 e. The van der Waals surface area contributed by atoms with Crippen LogP contribution in [-0.2, 0) is 28.4 Å². The van der Waals surface area contributed by atoms with Crippen LogP contribution in [0.3, 0.4) is 0 Å². The van der Waals surface area contributed by atoms with Crippen LogP contribution in [0.15, 0.2) is 125 Å². The number of nitrogens with zero attached hydrogens (tertiary/aromatic N) is 2. The molecule has 4 N–H and O–H groups in total. The lowest BCUT2D eigenvalue weighted by atomic mass is 10.00. The summed E-state index contributed by atoms with van der Waals surface area (Å²) in [4.78, 5) is 49.8. The highest BCUT2D eigenvalue weighted by Gasteiger charge is 2.49. The number of halogens is 9. The second-order valence-corrected chi connectivity index (χ2v) is 16.1. The van der Waals surface area contributed by atoms with Crippen molar-refractivity contribution >= 4 is 56.2 Å². The number of sulfone groups is 1. The van der Waals surface area contributed by atoms with E-state index in [4.69, 9.17) is 11.5 Å². The maximum absolute atomic E-state index is 14.9. The van der Waals surface area contributed by atoms with Gasteiger partial charge in [-0.15, -0.1) is 0 Å². The molecule has 4 amide bonds. The van der Waals surface area contributed by atoms with Gasteiger partial charge in [-0.3, -0.25) is 19.2 Å². The largest absolute Gasteiger partial charge is 0.418 e. The van der Waals surface area contributed by atoms with Gasteiger partial charge in [-0.1, -0.05) is 36.4 Å². The van der Waals surface area contributed by atoms with Gasteiger partial charge in [-0.05, 0) is 101 Å². The molecule has 6 aromatic carbocycles. The van der Waals surface area contributed by atoms with E-state index in [-0.39, 0.29) is 51.3 Å². The number of imide groups is 2. The number of fused-ring (bicyclic) bond motifs is 2. The summed E-state index contributed by atoms with van der Waals surface area (Å²) in [6.07, 6.45) is -17.7. The van der Waals surface area contributed by atoms with E-state index >= 15 is 0 Å². The van der Waals surface area contributed by atoms with E-state index in [1.807, 2.05) is 0 Å². The second-order valence-electron chi connectivity index (χ2n) is 14.2. The normalized spacial score (nSPS) is 14.4. The molecule has 0 radical (unpaired) electrons. The van der Waals surface area contributed by atoms with Crippen molar-refractivity contribution in [1.82, 2.24) is 0 Å². The molecule has 0 unspecified atom stereocenters. The maximum Gasteiger partial charge on any atom is 0.418 e. The lowest BCUT2D eigenvalue weighted by molar-refractivity contribution is -0.147. The van der Waals surface area contributed by atoms with Crippen molar-refractivity contribution in [2.24, 2.45) is 0 Å². The average molecular weight is 895 g/mol. The molecule has 0 saturated heterocycles. The molecule has 8 rings (SSSR count). The second kappa shape index (κ2) is 14.3. The standard InChI is InChI=1S/C43H23F9N4O6S/c44-41(45,46)32-19-27(11-14-35(32)56-38(58)29-13-6-23(16-31(29)40(56)60)21-3-9-25(54)10-4-21)63(61,62)36-33(42(47,48)49)17-26(18-34(36)43(50,51)52)55-37(57)28-12-5-22(15-30(28)39(55)59)20-1-7-24(53)8-2-20/h1-19H,53-54H2. The summed E-state index contributed by atoms with van der Waals surface area (Å²) in [5.41, 5.74) is 2.29. The Balaban J connectivity index is 1.23. The van der Waals surface area contributed by atoms with Crippen molar-refractivity contribution in [2.75, 3.05) is 21.3 Å². The van der Waals surface area contributed by atoms with Crippen LogP contribution in [0.5, 0.6) is 0 Å². The molecule has 10 nitrogen and oxygen atoms in total. The van der Waals surface area contributed by atoms with E-state index in [1.54, 1.807) is 12.1 Å². The Morgan fingerprint density at radius 1 is 0.413 bits per heavy atom. The number of carbonyl (C=O) groups excluding carboxylic acids is 4. The molecular formula is C43H23F9N4O6S. The number of nitrogen functional groups attached to an aromatic ring is 2. The molecule has 0 fully saturated rings. The summed E-state index contributed by atoms with van der Waals surface area (Å²) >= 11 is 0. The fourth-order valence-electron chi connectivity index (χ4n) is 7.32. The monoisotopic (exact) mass is 894 g/mol. The molecule has 6 aromatic rings. The lowest BCUT2D eigenvalue weighted by Crippen LogP contribution is -2.32. The average Bonchev–Trinajstić information content (AvgIpc) is 3.62. The molecule has 2 heterocycles. The predicted molar refractivity (Wildman–Crippen MR) is 208 cm³/mol. The van der Waals surface area contributed by atoms with Crippen LogP contribution in [0.4, 0.5) is 62.3 Å². The zero-order valence-corrected chi connectivity index (χ0v) is 32.1. The summed E-state index contributed by atoms with van der Waals surface area (Å²) in [5, 5.41) is 0. The quantitative estimate of drug-likeness (QED) is 0.0950. The summed E-state index contributed by atoms with van der Waals surface area (Å²) in [7, 11) is -6.30. The first-order chi connectivity index (χ1) is 29.4. The number of hydrogen-bond acceptors (Lipinski definition) is 8. The first kappa shape index (κ1) is 42.2. The molecule has 2 aliphatic rings. The Labute approximate surface area is 348 Å². The van der Waals surface area contributed by atoms with Gasteiger partial charge in [0.25, 0.3) is 23.6 Å². The van der Waals surface area contributed by atoms with Crippen molar-refractivity contribution in [2.45, 2.75) is 28.3 Å². The highest BCUT2D eigenvalue weighted by molar-refractivity contribution is 7.91. The van der Waals surface area contributed by atoms with Crippen LogP contribution in [0, 0.1) is 0 Å². The Hall–Kier alpha value is -7.48. The summed E-state index contributed by atoms with van der Waals surface area (Å²) < 4.78 is 162. The third kappa shape index (κ3) is 7.10. The van der Waals surface area contributed by atoms with Crippen molar-refractivity contribution in [3.05, 3.63) is 154 Å². The zero-order chi connectivity index (χ0) is 45.7. The number of amides is 4. The van der Waals surface area contributed by atoms with E-state index < -0.39 is 101 Å². The van der Waals surface area contributed by atoms with Crippen LogP contribution in [0.1, 0.15) is 58.1 Å². The number of carbonyl (C=O) groups is 4. The summed E-state index contributed by atoms with van der Waals surface area (Å²) in [5.74, 6) is -5.35. The van der Waals surface area contributed by atoms with Crippen LogP contribution >= 0.6 is 0 Å². The third-order valence-corrected chi connectivity index (χ3v) is 12.1. The Bertz CT molecular complexity index is 3060. The number of alkyl halides is 9. The highest BCUT2D eigenvalue weighted by Crippen LogP contribution is 2.49. The van der Waals surface area contributed by atoms with E-state index in [0.717, 1.165) is 18.2 Å². The van der Waals surface area contributed by atoms with Crippen molar-refractivity contribution < 1.29 is 67.1 Å². The van der Waals surface area contributed by atoms with Crippen LogP contribution < -0.4 is 21.3 Å². The molecule has 320 valence electrons. The minimum atomic E-state index is -6.30. The van der Waals surface area contributed by atoms with Crippen molar-refractivity contribution in [1.29, 1.82) is 0 Å². The molecule has 63 heavy (non-hydrogen) atoms. The third-order valence-electron chi connectivity index (χ3n) is 10.3. The molecule has 0 aliphatic carbocycles. The fraction of sp³-hybridized carbons (Fsp3) is 0.0698. The van der Waals surface area contributed by atoms with Gasteiger partial charge >= 0.3 is 18.5 Å². The summed E-state index contributed by atoms with van der Waals surface area (Å²) in [6, 6.07) is 19.3. The Morgan fingerprint density at radius 3 is 1.22 bits per heavy atom. The van der Waals surface area contributed by atoms with E-state index in [0.29, 0.717) is 33.6 Å². The van der Waals surface area contributed by atoms with Gasteiger partial charge in [0, 0.05) is 11.4 Å². The molecule has 0 bridgehead atoms. The fourth-order valence-corrected chi connectivity index (χ4v) is 9.00. The van der Waals surface area contributed by atoms with E-state index in [9.17, 15) is 67.1 Å². The van der Waals surface area contributed by atoms with Gasteiger partial charge in [0.05, 0.1) is 60.1 Å². The molecular weight excluding hydrogens is 872 g/mol. The van der Waals surface area contributed by atoms with Crippen LogP contribution in [-0.4, -0.2) is 32.0 Å². The number of nitrogens with two attached hydrogens (primary N) is 2. The maximum atomic E-state index is 14.9. The highest BCUT2D eigenvalue weighted by atomic mass is 32.2. The van der Waals surface area contributed by atoms with Gasteiger partial charge in [0.2, 0.25) is 9.84 Å². The van der Waals surface area contributed by atoms with Crippen molar-refractivity contribution in [3.63, 3.8) is 0 Å². The number of hydrogen-bond donors (Lipinski definition) is 2. The molecule has 0 spiro atoms. The zero-order valence-electron chi connectivity index (χ0n) is 31.3. The van der Waals surface area contributed by atoms with Gasteiger partial charge in [-0.25, -0.2) is 18.2 Å². The molecule has 0 saturated carbocycles. The molecule has 20 heteroatoms. The van der Waals surface area contributed by atoms with Crippen LogP contribution in [0.25, 0.3) is 22.3 Å². The van der Waals surface area contributed by atoms with Crippen LogP contribution in [0.2, 0.25) is 0 Å². The first-order valence-corrected chi connectivity index (χ1v) is 19.4. The Morgan fingerprint density at radius 2 is 0.794 bits per heavy atom. The van der Waals surface area contributed by atoms with E-state index in [2.05, 4.69) is 0 Å². The number of rotatable bonds is 6. The summed E-state index contributed by atoms with van der Waals surface area (Å²) in [6.45, 7) is 0. The van der Waals surface area contributed by atoms with E-state index in [1.165, 1.54) is 54.6 Å². The minimum absolute atomic E-state index is 0.0182.